The Morgan fingerprint density at radius 2 is 1.38 bits per heavy atom. The largest absolute Gasteiger partial charge is 0.378 e. The molecule has 0 aromatic rings. The molecule has 0 radical (unpaired) electrons. The van der Waals surface area contributed by atoms with Gasteiger partial charge < -0.3 is 14.5 Å². The summed E-state index contributed by atoms with van der Waals surface area (Å²) in [7, 11) is 0. The van der Waals surface area contributed by atoms with E-state index in [4.69, 9.17) is 4.74 Å². The smallest absolute Gasteiger partial charge is 0.228 e. The molecule has 2 amide bonds. The molecule has 2 heterocycles. The Morgan fingerprint density at radius 1 is 0.862 bits per heavy atom. The van der Waals surface area contributed by atoms with Crippen molar-refractivity contribution in [2.75, 3.05) is 39.4 Å². The van der Waals surface area contributed by atoms with Gasteiger partial charge in [-0.25, -0.2) is 0 Å². The van der Waals surface area contributed by atoms with Crippen LogP contribution < -0.4 is 0 Å². The van der Waals surface area contributed by atoms with E-state index < -0.39 is 5.41 Å². The van der Waals surface area contributed by atoms with Crippen LogP contribution in [0.2, 0.25) is 0 Å². The predicted molar refractivity (Wildman–Crippen MR) is 118 cm³/mol. The number of ether oxygens (including phenoxy) is 1. The average molecular weight is 409 g/mol. The van der Waals surface area contributed by atoms with Gasteiger partial charge in [-0.1, -0.05) is 55.4 Å². The Morgan fingerprint density at radius 3 is 1.83 bits per heavy atom. The summed E-state index contributed by atoms with van der Waals surface area (Å²) in [6.07, 6.45) is 2.93. The summed E-state index contributed by atoms with van der Waals surface area (Å²) in [5.74, 6) is 0.187. The summed E-state index contributed by atoms with van der Waals surface area (Å²) in [5.41, 5.74) is -0.809. The molecule has 5 nitrogen and oxygen atoms in total. The van der Waals surface area contributed by atoms with E-state index in [2.05, 4.69) is 55.4 Å². The fourth-order valence-electron chi connectivity index (χ4n) is 5.50. The quantitative estimate of drug-likeness (QED) is 0.685. The lowest BCUT2D eigenvalue weighted by molar-refractivity contribution is -0.157. The van der Waals surface area contributed by atoms with Gasteiger partial charge in [0, 0.05) is 32.1 Å². The Kier molecular flexibility index (Phi) is 7.46. The van der Waals surface area contributed by atoms with Gasteiger partial charge in [0.2, 0.25) is 11.8 Å². The van der Waals surface area contributed by atoms with Gasteiger partial charge in [-0.2, -0.15) is 0 Å². The summed E-state index contributed by atoms with van der Waals surface area (Å²) in [4.78, 5) is 31.5. The molecule has 2 fully saturated rings. The summed E-state index contributed by atoms with van der Waals surface area (Å²) >= 11 is 0. The van der Waals surface area contributed by atoms with Crippen LogP contribution in [-0.2, 0) is 14.3 Å². The number of carbonyl (C=O) groups excluding carboxylic acids is 2. The van der Waals surface area contributed by atoms with Gasteiger partial charge in [-0.15, -0.1) is 0 Å². The Balaban J connectivity index is 2.42. The van der Waals surface area contributed by atoms with Crippen LogP contribution in [0.4, 0.5) is 0 Å². The van der Waals surface area contributed by atoms with Crippen molar-refractivity contribution in [2.24, 2.45) is 28.1 Å². The van der Waals surface area contributed by atoms with Crippen molar-refractivity contribution in [3.8, 4) is 0 Å². The first-order valence-corrected chi connectivity index (χ1v) is 11.4. The molecule has 3 unspecified atom stereocenters. The first-order chi connectivity index (χ1) is 13.3. The molecule has 0 aliphatic carbocycles. The number of hydrogen-bond donors (Lipinski definition) is 0. The molecule has 29 heavy (non-hydrogen) atoms. The van der Waals surface area contributed by atoms with Gasteiger partial charge >= 0.3 is 0 Å². The molecule has 0 bridgehead atoms. The van der Waals surface area contributed by atoms with Crippen LogP contribution in [0.5, 0.6) is 0 Å². The number of carbonyl (C=O) groups is 2. The number of morpholine rings is 1. The molecule has 0 spiro atoms. The van der Waals surface area contributed by atoms with Gasteiger partial charge in [0.25, 0.3) is 0 Å². The van der Waals surface area contributed by atoms with Gasteiger partial charge in [-0.05, 0) is 36.0 Å². The third-order valence-corrected chi connectivity index (χ3v) is 6.81. The Hall–Kier alpha value is -1.10. The van der Waals surface area contributed by atoms with Crippen LogP contribution in [0.15, 0.2) is 0 Å². The van der Waals surface area contributed by atoms with Crippen LogP contribution in [0, 0.1) is 28.1 Å². The van der Waals surface area contributed by atoms with Crippen molar-refractivity contribution in [2.45, 2.75) is 74.7 Å². The van der Waals surface area contributed by atoms with Crippen LogP contribution in [0.1, 0.15) is 74.7 Å². The third kappa shape index (κ3) is 5.74. The van der Waals surface area contributed by atoms with Crippen molar-refractivity contribution in [3.05, 3.63) is 0 Å². The molecule has 5 heteroatoms. The molecule has 168 valence electrons. The zero-order valence-corrected chi connectivity index (χ0v) is 20.1. The number of hydrogen-bond acceptors (Lipinski definition) is 3. The van der Waals surface area contributed by atoms with Gasteiger partial charge in [0.1, 0.15) is 0 Å². The first-order valence-electron chi connectivity index (χ1n) is 11.4. The van der Waals surface area contributed by atoms with Crippen molar-refractivity contribution in [3.63, 3.8) is 0 Å². The molecular formula is C24H44N2O3. The van der Waals surface area contributed by atoms with E-state index in [1.165, 1.54) is 0 Å². The number of nitrogens with zero attached hydrogens (tertiary/aromatic N) is 2. The van der Waals surface area contributed by atoms with Crippen LogP contribution in [0.3, 0.4) is 0 Å². The third-order valence-electron chi connectivity index (χ3n) is 6.81. The zero-order chi connectivity index (χ0) is 22.0. The van der Waals surface area contributed by atoms with E-state index in [0.29, 0.717) is 26.3 Å². The average Bonchev–Trinajstić information content (AvgIpc) is 3.13. The molecule has 2 saturated heterocycles. The normalized spacial score (nSPS) is 22.9. The molecule has 0 saturated carbocycles. The highest BCUT2D eigenvalue weighted by molar-refractivity contribution is 5.85. The molecule has 2 aliphatic rings. The minimum Gasteiger partial charge on any atom is -0.378 e. The maximum absolute atomic E-state index is 13.9. The monoisotopic (exact) mass is 408 g/mol. The van der Waals surface area contributed by atoms with E-state index in [-0.39, 0.29) is 34.5 Å². The summed E-state index contributed by atoms with van der Waals surface area (Å²) < 4.78 is 5.48. The van der Waals surface area contributed by atoms with E-state index in [1.54, 1.807) is 0 Å². The fourth-order valence-corrected chi connectivity index (χ4v) is 5.50. The SMILES string of the molecule is CC(C(C(=O)N1CCCC1)C(C)(C)C)C(C)(CC(C)(C)C)C(=O)N1CCOCC1. The van der Waals surface area contributed by atoms with Crippen LogP contribution in [-0.4, -0.2) is 61.0 Å². The lowest BCUT2D eigenvalue weighted by Gasteiger charge is -2.48. The maximum Gasteiger partial charge on any atom is 0.228 e. The van der Waals surface area contributed by atoms with E-state index in [1.807, 2.05) is 9.80 Å². The lowest BCUT2D eigenvalue weighted by atomic mass is 9.58. The number of rotatable bonds is 5. The molecule has 3 atom stereocenters. The van der Waals surface area contributed by atoms with Crippen LogP contribution >= 0.6 is 0 Å². The van der Waals surface area contributed by atoms with Crippen molar-refractivity contribution in [1.82, 2.24) is 9.80 Å². The zero-order valence-electron chi connectivity index (χ0n) is 20.1. The highest BCUT2D eigenvalue weighted by Gasteiger charge is 2.51. The maximum atomic E-state index is 13.9. The highest BCUT2D eigenvalue weighted by Crippen LogP contribution is 2.49. The number of amides is 2. The van der Waals surface area contributed by atoms with E-state index in [9.17, 15) is 9.59 Å². The molecule has 2 aliphatic heterocycles. The first kappa shape index (κ1) is 24.2. The van der Waals surface area contributed by atoms with Gasteiger partial charge in [0.15, 0.2) is 0 Å². The second-order valence-corrected chi connectivity index (χ2v) is 11.7. The lowest BCUT2D eigenvalue weighted by Crippen LogP contribution is -2.55. The second-order valence-electron chi connectivity index (χ2n) is 11.7. The highest BCUT2D eigenvalue weighted by atomic mass is 16.5. The predicted octanol–water partition coefficient (Wildman–Crippen LogP) is 4.21. The van der Waals surface area contributed by atoms with Gasteiger partial charge in [-0.3, -0.25) is 9.59 Å². The molecule has 0 aromatic heterocycles. The Labute approximate surface area is 178 Å². The summed E-state index contributed by atoms with van der Waals surface area (Å²) in [6.45, 7) is 21.5. The van der Waals surface area contributed by atoms with Gasteiger partial charge in [0.05, 0.1) is 18.6 Å². The molecule has 2 rings (SSSR count). The molecule has 0 N–H and O–H groups in total. The van der Waals surface area contributed by atoms with Crippen molar-refractivity contribution < 1.29 is 14.3 Å². The number of likely N-dealkylation sites (tertiary alicyclic amines) is 1. The van der Waals surface area contributed by atoms with E-state index >= 15 is 0 Å². The Bertz CT molecular complexity index is 578. The topological polar surface area (TPSA) is 49.9 Å². The van der Waals surface area contributed by atoms with E-state index in [0.717, 1.165) is 32.4 Å². The molecular weight excluding hydrogens is 364 g/mol. The standard InChI is InChI=1S/C24H44N2O3/c1-18(19(23(5,6)7)20(27)25-11-9-10-12-25)24(8,17-22(2,3)4)21(28)26-13-15-29-16-14-26/h18-19H,9-17H2,1-8H3. The van der Waals surface area contributed by atoms with Crippen molar-refractivity contribution in [1.29, 1.82) is 0 Å². The molecule has 0 aromatic carbocycles. The minimum absolute atomic E-state index is 0.00984. The van der Waals surface area contributed by atoms with Crippen LogP contribution in [0.25, 0.3) is 0 Å². The summed E-state index contributed by atoms with van der Waals surface area (Å²) in [6, 6.07) is 0. The summed E-state index contributed by atoms with van der Waals surface area (Å²) in [5, 5.41) is 0. The fraction of sp³-hybridized carbons (Fsp3) is 0.917. The van der Waals surface area contributed by atoms with Crippen molar-refractivity contribution >= 4 is 11.8 Å². The minimum atomic E-state index is -0.594. The second kappa shape index (κ2) is 8.95.